The van der Waals surface area contributed by atoms with Crippen LogP contribution in [0.2, 0.25) is 0 Å². The standard InChI is InChI=1S/C42H70O2/c1-8-10-11-12-13-14-15-16-17-18-19-40(43)44-35-26-28-41(6)34(30-35)22-23-36-38-25-24-37(42(38,7)29-27-39(36)41)32(5)20-21-33(9-2)31(3)4/h11-12,20-22,31-33,35-39H,8-10,13-19,23-30H2,1-7H3/b12-11-,21-20+. The van der Waals surface area contributed by atoms with Gasteiger partial charge >= 0.3 is 5.97 Å². The van der Waals surface area contributed by atoms with Crippen LogP contribution in [0.1, 0.15) is 164 Å². The second kappa shape index (κ2) is 16.5. The minimum atomic E-state index is 0.0441. The number of hydrogen-bond acceptors (Lipinski definition) is 2. The Balaban J connectivity index is 1.25. The maximum absolute atomic E-state index is 12.7. The molecule has 3 fully saturated rings. The Morgan fingerprint density at radius 1 is 0.909 bits per heavy atom. The van der Waals surface area contributed by atoms with Gasteiger partial charge in [-0.3, -0.25) is 4.79 Å². The van der Waals surface area contributed by atoms with Crippen molar-refractivity contribution in [2.24, 2.45) is 52.3 Å². The minimum Gasteiger partial charge on any atom is -0.462 e. The molecule has 4 aliphatic carbocycles. The lowest BCUT2D eigenvalue weighted by atomic mass is 9.47. The van der Waals surface area contributed by atoms with Crippen molar-refractivity contribution in [3.63, 3.8) is 0 Å². The van der Waals surface area contributed by atoms with Gasteiger partial charge in [0.05, 0.1) is 0 Å². The van der Waals surface area contributed by atoms with Gasteiger partial charge in [0.1, 0.15) is 6.10 Å². The first-order valence-corrected chi connectivity index (χ1v) is 19.4. The molecular weight excluding hydrogens is 536 g/mol. The summed E-state index contributed by atoms with van der Waals surface area (Å²) in [4.78, 5) is 12.7. The predicted octanol–water partition coefficient (Wildman–Crippen LogP) is 12.4. The Hall–Kier alpha value is -1.31. The van der Waals surface area contributed by atoms with Crippen molar-refractivity contribution < 1.29 is 9.53 Å². The molecule has 2 heteroatoms. The van der Waals surface area contributed by atoms with Crippen LogP contribution in [0.5, 0.6) is 0 Å². The van der Waals surface area contributed by atoms with E-state index in [2.05, 4.69) is 78.8 Å². The molecule has 9 atom stereocenters. The molecule has 0 radical (unpaired) electrons. The number of unbranched alkanes of at least 4 members (excludes halogenated alkanes) is 6. The number of hydrogen-bond donors (Lipinski definition) is 0. The quantitative estimate of drug-likeness (QED) is 0.0992. The molecule has 0 aromatic carbocycles. The van der Waals surface area contributed by atoms with Gasteiger partial charge in [-0.2, -0.15) is 0 Å². The zero-order valence-electron chi connectivity index (χ0n) is 30.0. The minimum absolute atomic E-state index is 0.0441. The smallest absolute Gasteiger partial charge is 0.306 e. The van der Waals surface area contributed by atoms with E-state index in [1.807, 2.05) is 0 Å². The molecule has 9 unspecified atom stereocenters. The lowest BCUT2D eigenvalue weighted by molar-refractivity contribution is -0.151. The third-order valence-corrected chi connectivity index (χ3v) is 13.4. The number of esters is 1. The summed E-state index contributed by atoms with van der Waals surface area (Å²) >= 11 is 0. The van der Waals surface area contributed by atoms with Crippen molar-refractivity contribution in [2.45, 2.75) is 170 Å². The Labute approximate surface area is 273 Å². The molecule has 2 nitrogen and oxygen atoms in total. The summed E-state index contributed by atoms with van der Waals surface area (Å²) in [5.74, 6) is 5.53. The van der Waals surface area contributed by atoms with Crippen LogP contribution in [0.25, 0.3) is 0 Å². The zero-order chi connectivity index (χ0) is 31.7. The summed E-state index contributed by atoms with van der Waals surface area (Å²) < 4.78 is 6.10. The fourth-order valence-corrected chi connectivity index (χ4v) is 10.6. The number of rotatable bonds is 16. The second-order valence-electron chi connectivity index (χ2n) is 16.5. The molecule has 0 aliphatic heterocycles. The van der Waals surface area contributed by atoms with E-state index in [1.54, 1.807) is 5.57 Å². The molecule has 0 spiro atoms. The van der Waals surface area contributed by atoms with Gasteiger partial charge < -0.3 is 4.74 Å². The Bertz CT molecular complexity index is 988. The summed E-state index contributed by atoms with van der Waals surface area (Å²) in [5, 5.41) is 0. The number of fused-ring (bicyclic) bond motifs is 5. The number of carbonyl (C=O) groups excluding carboxylic acids is 1. The van der Waals surface area contributed by atoms with E-state index >= 15 is 0 Å². The van der Waals surface area contributed by atoms with Crippen LogP contribution in [0.4, 0.5) is 0 Å². The maximum Gasteiger partial charge on any atom is 0.306 e. The molecular formula is C42H70O2. The van der Waals surface area contributed by atoms with Crippen molar-refractivity contribution in [3.05, 3.63) is 36.0 Å². The highest BCUT2D eigenvalue weighted by atomic mass is 16.5. The first kappa shape index (κ1) is 35.5. The third kappa shape index (κ3) is 8.34. The molecule has 0 aromatic heterocycles. The van der Waals surface area contributed by atoms with Gasteiger partial charge in [0.15, 0.2) is 0 Å². The van der Waals surface area contributed by atoms with Crippen LogP contribution >= 0.6 is 0 Å². The van der Waals surface area contributed by atoms with Crippen molar-refractivity contribution >= 4 is 5.97 Å². The van der Waals surface area contributed by atoms with Crippen molar-refractivity contribution in [2.75, 3.05) is 0 Å². The van der Waals surface area contributed by atoms with Crippen LogP contribution < -0.4 is 0 Å². The molecule has 0 aromatic rings. The SMILES string of the molecule is CCC/C=C\CCCCCCCC(=O)OC1CCC2(C)C(=CCC3C2CCC2(C)C(C(C)/C=C/C(CC)C(C)C)CCC32)C1. The third-order valence-electron chi connectivity index (χ3n) is 13.4. The van der Waals surface area contributed by atoms with Crippen LogP contribution in [-0.4, -0.2) is 12.1 Å². The number of carbonyl (C=O) groups is 1. The molecule has 3 saturated carbocycles. The van der Waals surface area contributed by atoms with E-state index in [1.165, 1.54) is 83.5 Å². The summed E-state index contributed by atoms with van der Waals surface area (Å²) in [6, 6.07) is 0. The molecule has 4 aliphatic rings. The van der Waals surface area contributed by atoms with Gasteiger partial charge in [0, 0.05) is 12.8 Å². The predicted molar refractivity (Wildman–Crippen MR) is 188 cm³/mol. The highest BCUT2D eigenvalue weighted by molar-refractivity contribution is 5.69. The van der Waals surface area contributed by atoms with Crippen LogP contribution in [-0.2, 0) is 9.53 Å². The normalized spacial score (nSPS) is 34.9. The van der Waals surface area contributed by atoms with Crippen molar-refractivity contribution in [3.8, 4) is 0 Å². The number of allylic oxidation sites excluding steroid dienone is 5. The van der Waals surface area contributed by atoms with Crippen molar-refractivity contribution in [1.82, 2.24) is 0 Å². The van der Waals surface area contributed by atoms with Crippen LogP contribution in [0, 0.1) is 52.3 Å². The van der Waals surface area contributed by atoms with Gasteiger partial charge in [-0.1, -0.05) is 110 Å². The monoisotopic (exact) mass is 607 g/mol. The Morgan fingerprint density at radius 3 is 2.41 bits per heavy atom. The fraction of sp³-hybridized carbons (Fsp3) is 0.833. The highest BCUT2D eigenvalue weighted by Gasteiger charge is 2.59. The summed E-state index contributed by atoms with van der Waals surface area (Å²) in [7, 11) is 0. The van der Waals surface area contributed by atoms with Crippen molar-refractivity contribution in [1.29, 1.82) is 0 Å². The first-order chi connectivity index (χ1) is 21.1. The zero-order valence-corrected chi connectivity index (χ0v) is 30.0. The molecule has 4 rings (SSSR count). The lowest BCUT2D eigenvalue weighted by Crippen LogP contribution is -2.51. The van der Waals surface area contributed by atoms with Gasteiger partial charge in [0.25, 0.3) is 0 Å². The van der Waals surface area contributed by atoms with Gasteiger partial charge in [-0.05, 0) is 129 Å². The Morgan fingerprint density at radius 2 is 1.66 bits per heavy atom. The van der Waals surface area contributed by atoms with Gasteiger partial charge in [0.2, 0.25) is 0 Å². The molecule has 44 heavy (non-hydrogen) atoms. The van der Waals surface area contributed by atoms with Crippen LogP contribution in [0.3, 0.4) is 0 Å². The summed E-state index contributed by atoms with van der Waals surface area (Å²) in [6.07, 6.45) is 34.1. The molecule has 0 saturated heterocycles. The lowest BCUT2D eigenvalue weighted by Gasteiger charge is -2.58. The molecule has 0 N–H and O–H groups in total. The highest BCUT2D eigenvalue weighted by Crippen LogP contribution is 2.67. The average Bonchev–Trinajstić information content (AvgIpc) is 3.35. The maximum atomic E-state index is 12.7. The molecule has 0 bridgehead atoms. The average molecular weight is 607 g/mol. The second-order valence-corrected chi connectivity index (χ2v) is 16.5. The van der Waals surface area contributed by atoms with Gasteiger partial charge in [-0.25, -0.2) is 0 Å². The molecule has 0 heterocycles. The molecule has 250 valence electrons. The van der Waals surface area contributed by atoms with E-state index < -0.39 is 0 Å². The van der Waals surface area contributed by atoms with E-state index in [9.17, 15) is 4.79 Å². The van der Waals surface area contributed by atoms with E-state index in [-0.39, 0.29) is 12.1 Å². The van der Waals surface area contributed by atoms with E-state index in [0.29, 0.717) is 29.1 Å². The van der Waals surface area contributed by atoms with Gasteiger partial charge in [-0.15, -0.1) is 0 Å². The summed E-state index contributed by atoms with van der Waals surface area (Å²) in [5.41, 5.74) is 2.43. The molecule has 0 amide bonds. The van der Waals surface area contributed by atoms with E-state index in [4.69, 9.17) is 4.74 Å². The number of ether oxygens (including phenoxy) is 1. The van der Waals surface area contributed by atoms with Crippen LogP contribution in [0.15, 0.2) is 36.0 Å². The Kier molecular flexibility index (Phi) is 13.3. The largest absolute Gasteiger partial charge is 0.462 e. The fourth-order valence-electron chi connectivity index (χ4n) is 10.6. The topological polar surface area (TPSA) is 26.3 Å². The first-order valence-electron chi connectivity index (χ1n) is 19.4. The van der Waals surface area contributed by atoms with E-state index in [0.717, 1.165) is 55.3 Å². The summed E-state index contributed by atoms with van der Waals surface area (Å²) in [6.45, 7) is 17.1.